The number of anilines is 1. The number of rotatable bonds is 11. The van der Waals surface area contributed by atoms with Crippen molar-refractivity contribution < 1.29 is 9.47 Å². The zero-order valence-electron chi connectivity index (χ0n) is 15.0. The van der Waals surface area contributed by atoms with E-state index in [0.29, 0.717) is 13.2 Å². The molecule has 0 radical (unpaired) electrons. The van der Waals surface area contributed by atoms with Gasteiger partial charge in [0.05, 0.1) is 24.2 Å². The molecule has 1 aromatic heterocycles. The second-order valence-corrected chi connectivity index (χ2v) is 5.29. The molecular weight excluding hydrogens is 300 g/mol. The fourth-order valence-electron chi connectivity index (χ4n) is 1.92. The van der Waals surface area contributed by atoms with Gasteiger partial charge < -0.3 is 14.4 Å². The minimum Gasteiger partial charge on any atom is -0.494 e. The molecule has 1 heterocycles. The molecule has 0 unspecified atom stereocenters. The maximum atomic E-state index is 5.68. The van der Waals surface area contributed by atoms with Crippen LogP contribution in [0.5, 0.6) is 0 Å². The lowest BCUT2D eigenvalue weighted by atomic mass is 10.1. The third-order valence-electron chi connectivity index (χ3n) is 3.31. The molecule has 1 rings (SSSR count). The molecule has 4 heteroatoms. The summed E-state index contributed by atoms with van der Waals surface area (Å²) in [7, 11) is 3.98. The van der Waals surface area contributed by atoms with Crippen molar-refractivity contribution in [3.63, 3.8) is 0 Å². The van der Waals surface area contributed by atoms with Crippen molar-refractivity contribution in [1.29, 1.82) is 0 Å². The van der Waals surface area contributed by atoms with Crippen LogP contribution < -0.4 is 4.90 Å². The Balaban J connectivity index is 2.74. The van der Waals surface area contributed by atoms with Crippen LogP contribution in [-0.4, -0.2) is 38.9 Å². The summed E-state index contributed by atoms with van der Waals surface area (Å²) in [5.74, 6) is 0.718. The number of allylic oxidation sites excluding steroid dienone is 5. The summed E-state index contributed by atoms with van der Waals surface area (Å²) in [4.78, 5) is 6.49. The van der Waals surface area contributed by atoms with Gasteiger partial charge in [-0.05, 0) is 42.9 Å². The summed E-state index contributed by atoms with van der Waals surface area (Å²) in [5, 5.41) is 0. The van der Waals surface area contributed by atoms with Crippen LogP contribution in [0.25, 0.3) is 5.57 Å². The smallest absolute Gasteiger partial charge is 0.118 e. The minimum atomic E-state index is 0.602. The fourth-order valence-corrected chi connectivity index (χ4v) is 1.92. The Labute approximate surface area is 145 Å². The summed E-state index contributed by atoms with van der Waals surface area (Å²) in [6.07, 6.45) is 9.99. The third-order valence-corrected chi connectivity index (χ3v) is 3.31. The van der Waals surface area contributed by atoms with Gasteiger partial charge in [0.1, 0.15) is 5.76 Å². The Morgan fingerprint density at radius 2 is 1.96 bits per heavy atom. The van der Waals surface area contributed by atoms with Crippen molar-refractivity contribution in [2.24, 2.45) is 0 Å². The van der Waals surface area contributed by atoms with Gasteiger partial charge in [0.25, 0.3) is 0 Å². The first-order valence-corrected chi connectivity index (χ1v) is 8.13. The lowest BCUT2D eigenvalue weighted by Crippen LogP contribution is -2.08. The zero-order valence-corrected chi connectivity index (χ0v) is 15.0. The second-order valence-electron chi connectivity index (χ2n) is 5.29. The van der Waals surface area contributed by atoms with E-state index < -0.39 is 0 Å². The lowest BCUT2D eigenvalue weighted by Gasteiger charge is -2.12. The van der Waals surface area contributed by atoms with Crippen LogP contribution in [0.3, 0.4) is 0 Å². The fraction of sp³-hybridized carbons (Fsp3) is 0.350. The van der Waals surface area contributed by atoms with Gasteiger partial charge in [-0.25, -0.2) is 0 Å². The normalized spacial score (nSPS) is 12.0. The van der Waals surface area contributed by atoms with E-state index in [2.05, 4.69) is 18.1 Å². The number of ether oxygens (including phenoxy) is 2. The highest BCUT2D eigenvalue weighted by Crippen LogP contribution is 2.17. The molecule has 130 valence electrons. The molecule has 0 fully saturated rings. The molecule has 24 heavy (non-hydrogen) atoms. The number of nitrogens with zero attached hydrogens (tertiary/aromatic N) is 2. The lowest BCUT2D eigenvalue weighted by molar-refractivity contribution is 0.118. The van der Waals surface area contributed by atoms with Crippen LogP contribution in [0.15, 0.2) is 61.6 Å². The van der Waals surface area contributed by atoms with Crippen molar-refractivity contribution in [1.82, 2.24) is 4.98 Å². The summed E-state index contributed by atoms with van der Waals surface area (Å²) in [6.45, 7) is 11.7. The molecule has 0 aliphatic carbocycles. The van der Waals surface area contributed by atoms with E-state index in [0.717, 1.165) is 35.7 Å². The monoisotopic (exact) mass is 328 g/mol. The Morgan fingerprint density at radius 1 is 1.17 bits per heavy atom. The highest BCUT2D eigenvalue weighted by molar-refractivity contribution is 5.73. The first kappa shape index (κ1) is 19.7. The van der Waals surface area contributed by atoms with Crippen LogP contribution in [0, 0.1) is 0 Å². The topological polar surface area (TPSA) is 34.6 Å². The van der Waals surface area contributed by atoms with E-state index in [4.69, 9.17) is 9.47 Å². The summed E-state index contributed by atoms with van der Waals surface area (Å²) in [6, 6.07) is 4.01. The van der Waals surface area contributed by atoms with Crippen LogP contribution in [-0.2, 0) is 9.47 Å². The predicted octanol–water partition coefficient (Wildman–Crippen LogP) is 4.23. The standard InChI is InChI=1S/C20H28N2O2/c1-6-17(20-13-11-18(16-21-20)22(4)5)10-12-19(7-2)24-15-9-14-23-8-3/h6-7,10-13,16H,1-2,8-9,14-15H2,3-5H3/b17-10+,19-12+. The van der Waals surface area contributed by atoms with E-state index in [9.17, 15) is 0 Å². The number of hydrogen-bond acceptors (Lipinski definition) is 4. The van der Waals surface area contributed by atoms with Crippen LogP contribution in [0.2, 0.25) is 0 Å². The molecule has 0 aliphatic rings. The predicted molar refractivity (Wildman–Crippen MR) is 102 cm³/mol. The first-order valence-electron chi connectivity index (χ1n) is 8.13. The van der Waals surface area contributed by atoms with Crippen LogP contribution in [0.1, 0.15) is 19.0 Å². The van der Waals surface area contributed by atoms with Crippen molar-refractivity contribution in [3.8, 4) is 0 Å². The Hall–Kier alpha value is -2.33. The highest BCUT2D eigenvalue weighted by Gasteiger charge is 2.01. The van der Waals surface area contributed by atoms with Crippen molar-refractivity contribution in [2.75, 3.05) is 38.8 Å². The Kier molecular flexibility index (Phi) is 9.24. The first-order chi connectivity index (χ1) is 11.6. The SMILES string of the molecule is C=C/C(=C\C=C(/C=C)c1ccc(N(C)C)cn1)OCCCOCC. The molecule has 0 aliphatic heterocycles. The van der Waals surface area contributed by atoms with Gasteiger partial charge in [0.15, 0.2) is 0 Å². The maximum Gasteiger partial charge on any atom is 0.118 e. The van der Waals surface area contributed by atoms with E-state index in [-0.39, 0.29) is 0 Å². The number of aromatic nitrogens is 1. The van der Waals surface area contributed by atoms with Gasteiger partial charge in [0.2, 0.25) is 0 Å². The zero-order chi connectivity index (χ0) is 17.8. The second kappa shape index (κ2) is 11.2. The van der Waals surface area contributed by atoms with Gasteiger partial charge in [0, 0.05) is 33.7 Å². The summed E-state index contributed by atoms with van der Waals surface area (Å²) in [5.41, 5.74) is 2.85. The summed E-state index contributed by atoms with van der Waals surface area (Å²) < 4.78 is 11.0. The van der Waals surface area contributed by atoms with Crippen molar-refractivity contribution in [3.05, 3.63) is 67.2 Å². The van der Waals surface area contributed by atoms with E-state index in [1.807, 2.05) is 56.4 Å². The van der Waals surface area contributed by atoms with E-state index in [1.54, 1.807) is 12.2 Å². The molecule has 0 N–H and O–H groups in total. The Bertz CT molecular complexity index is 572. The highest BCUT2D eigenvalue weighted by atomic mass is 16.5. The molecule has 0 amide bonds. The maximum absolute atomic E-state index is 5.68. The van der Waals surface area contributed by atoms with Gasteiger partial charge in [-0.3, -0.25) is 4.98 Å². The van der Waals surface area contributed by atoms with Gasteiger partial charge in [-0.1, -0.05) is 19.2 Å². The van der Waals surface area contributed by atoms with Crippen molar-refractivity contribution in [2.45, 2.75) is 13.3 Å². The number of pyridine rings is 1. The average molecular weight is 328 g/mol. The third kappa shape index (κ3) is 6.84. The molecule has 4 nitrogen and oxygen atoms in total. The van der Waals surface area contributed by atoms with Crippen LogP contribution in [0.4, 0.5) is 5.69 Å². The largest absolute Gasteiger partial charge is 0.494 e. The average Bonchev–Trinajstić information content (AvgIpc) is 2.60. The van der Waals surface area contributed by atoms with Gasteiger partial charge in [-0.2, -0.15) is 0 Å². The number of hydrogen-bond donors (Lipinski definition) is 0. The van der Waals surface area contributed by atoms with Crippen LogP contribution >= 0.6 is 0 Å². The van der Waals surface area contributed by atoms with Gasteiger partial charge >= 0.3 is 0 Å². The molecule has 0 saturated heterocycles. The molecule has 0 saturated carbocycles. The quantitative estimate of drug-likeness (QED) is 0.346. The minimum absolute atomic E-state index is 0.602. The van der Waals surface area contributed by atoms with Crippen molar-refractivity contribution >= 4 is 11.3 Å². The van der Waals surface area contributed by atoms with E-state index in [1.165, 1.54) is 0 Å². The summed E-state index contributed by atoms with van der Waals surface area (Å²) >= 11 is 0. The molecule has 0 aromatic carbocycles. The molecular formula is C20H28N2O2. The Morgan fingerprint density at radius 3 is 2.50 bits per heavy atom. The molecule has 0 bridgehead atoms. The molecule has 0 spiro atoms. The molecule has 1 aromatic rings. The molecule has 0 atom stereocenters. The van der Waals surface area contributed by atoms with Gasteiger partial charge in [-0.15, -0.1) is 0 Å². The van der Waals surface area contributed by atoms with E-state index >= 15 is 0 Å².